The SMILES string of the molecule is CN(Cc1ccco1)[C@H]1CCC12CCN(C(=O)c1ccoc1)CC2. The number of amides is 1. The van der Waals surface area contributed by atoms with Crippen LogP contribution in [0.1, 0.15) is 41.8 Å². The Morgan fingerprint density at radius 2 is 2.12 bits per heavy atom. The molecular weight excluding hydrogens is 304 g/mol. The molecule has 0 bridgehead atoms. The van der Waals surface area contributed by atoms with Crippen molar-refractivity contribution in [3.8, 4) is 0 Å². The van der Waals surface area contributed by atoms with E-state index in [1.807, 2.05) is 17.0 Å². The van der Waals surface area contributed by atoms with Gasteiger partial charge in [0.05, 0.1) is 24.6 Å². The highest BCUT2D eigenvalue weighted by molar-refractivity contribution is 5.93. The number of nitrogens with zero attached hydrogens (tertiary/aromatic N) is 2. The van der Waals surface area contributed by atoms with E-state index in [2.05, 4.69) is 11.9 Å². The molecule has 3 heterocycles. The van der Waals surface area contributed by atoms with Crippen molar-refractivity contribution >= 4 is 5.91 Å². The molecule has 1 aliphatic carbocycles. The number of carbonyl (C=O) groups excluding carboxylic acids is 1. The molecule has 0 radical (unpaired) electrons. The first-order valence-corrected chi connectivity index (χ1v) is 8.72. The van der Waals surface area contributed by atoms with E-state index in [-0.39, 0.29) is 5.91 Å². The van der Waals surface area contributed by atoms with Gasteiger partial charge in [-0.1, -0.05) is 0 Å². The third kappa shape index (κ3) is 2.67. The molecule has 0 unspecified atom stereocenters. The lowest BCUT2D eigenvalue weighted by Crippen LogP contribution is -2.58. The Balaban J connectivity index is 1.36. The van der Waals surface area contributed by atoms with Crippen molar-refractivity contribution in [1.82, 2.24) is 9.80 Å². The molecule has 4 rings (SSSR count). The highest BCUT2D eigenvalue weighted by Crippen LogP contribution is 2.51. The van der Waals surface area contributed by atoms with Crippen molar-refractivity contribution in [3.05, 3.63) is 48.3 Å². The molecule has 2 aliphatic rings. The Morgan fingerprint density at radius 3 is 2.71 bits per heavy atom. The molecule has 1 saturated carbocycles. The third-order valence-electron chi connectivity index (χ3n) is 5.95. The highest BCUT2D eigenvalue weighted by atomic mass is 16.3. The molecule has 1 atom stereocenters. The van der Waals surface area contributed by atoms with Crippen LogP contribution in [0.4, 0.5) is 0 Å². The Morgan fingerprint density at radius 1 is 1.29 bits per heavy atom. The summed E-state index contributed by atoms with van der Waals surface area (Å²) in [6.07, 6.45) is 9.52. The summed E-state index contributed by atoms with van der Waals surface area (Å²) >= 11 is 0. The highest BCUT2D eigenvalue weighted by Gasteiger charge is 2.50. The van der Waals surface area contributed by atoms with Crippen LogP contribution in [0.2, 0.25) is 0 Å². The number of likely N-dealkylation sites (tertiary alicyclic amines) is 1. The predicted octanol–water partition coefficient (Wildman–Crippen LogP) is 3.39. The predicted molar refractivity (Wildman–Crippen MR) is 89.5 cm³/mol. The number of hydrogen-bond acceptors (Lipinski definition) is 4. The van der Waals surface area contributed by atoms with Crippen LogP contribution in [-0.2, 0) is 6.54 Å². The Bertz CT molecular complexity index is 670. The normalized spacial score (nSPS) is 22.8. The van der Waals surface area contributed by atoms with Crippen LogP contribution in [0.15, 0.2) is 45.8 Å². The zero-order chi connectivity index (χ0) is 16.6. The zero-order valence-corrected chi connectivity index (χ0v) is 14.1. The lowest BCUT2D eigenvalue weighted by atomic mass is 9.58. The maximum atomic E-state index is 12.4. The molecule has 0 aromatic carbocycles. The molecule has 1 saturated heterocycles. The maximum absolute atomic E-state index is 12.4. The van der Waals surface area contributed by atoms with Gasteiger partial charge in [-0.3, -0.25) is 9.69 Å². The summed E-state index contributed by atoms with van der Waals surface area (Å²) in [6.45, 7) is 2.54. The molecular formula is C19H24N2O3. The summed E-state index contributed by atoms with van der Waals surface area (Å²) in [5.74, 6) is 1.12. The topological polar surface area (TPSA) is 49.8 Å². The number of furan rings is 2. The van der Waals surface area contributed by atoms with E-state index in [0.717, 1.165) is 38.2 Å². The van der Waals surface area contributed by atoms with E-state index in [0.29, 0.717) is 17.0 Å². The number of carbonyl (C=O) groups is 1. The van der Waals surface area contributed by atoms with Gasteiger partial charge in [-0.15, -0.1) is 0 Å². The molecule has 2 aromatic heterocycles. The van der Waals surface area contributed by atoms with E-state index in [1.54, 1.807) is 18.6 Å². The number of piperidine rings is 1. The summed E-state index contributed by atoms with van der Waals surface area (Å²) in [7, 11) is 2.19. The number of rotatable bonds is 4. The van der Waals surface area contributed by atoms with Crippen LogP contribution in [0, 0.1) is 5.41 Å². The monoisotopic (exact) mass is 328 g/mol. The quantitative estimate of drug-likeness (QED) is 0.863. The first kappa shape index (κ1) is 15.5. The lowest BCUT2D eigenvalue weighted by molar-refractivity contribution is -0.0590. The Kier molecular flexibility index (Phi) is 3.96. The van der Waals surface area contributed by atoms with Crippen LogP contribution < -0.4 is 0 Å². The second-order valence-corrected chi connectivity index (χ2v) is 7.22. The first-order valence-electron chi connectivity index (χ1n) is 8.72. The molecule has 1 aliphatic heterocycles. The van der Waals surface area contributed by atoms with Crippen LogP contribution in [0.5, 0.6) is 0 Å². The van der Waals surface area contributed by atoms with Crippen LogP contribution in [0.25, 0.3) is 0 Å². The average molecular weight is 328 g/mol. The summed E-state index contributed by atoms with van der Waals surface area (Å²) in [5, 5.41) is 0. The fourth-order valence-electron chi connectivity index (χ4n) is 4.44. The van der Waals surface area contributed by atoms with Crippen LogP contribution in [-0.4, -0.2) is 41.9 Å². The summed E-state index contributed by atoms with van der Waals surface area (Å²) in [4.78, 5) is 16.8. The van der Waals surface area contributed by atoms with Gasteiger partial charge in [-0.05, 0) is 56.3 Å². The minimum absolute atomic E-state index is 0.0958. The van der Waals surface area contributed by atoms with Gasteiger partial charge in [-0.25, -0.2) is 0 Å². The molecule has 0 N–H and O–H groups in total. The molecule has 2 aromatic rings. The van der Waals surface area contributed by atoms with Gasteiger partial charge in [0.1, 0.15) is 12.0 Å². The molecule has 5 heteroatoms. The molecule has 24 heavy (non-hydrogen) atoms. The second kappa shape index (κ2) is 6.13. The Labute approximate surface area is 142 Å². The Hall–Kier alpha value is -2.01. The summed E-state index contributed by atoms with van der Waals surface area (Å²) in [6, 6.07) is 6.32. The van der Waals surface area contributed by atoms with Crippen LogP contribution in [0.3, 0.4) is 0 Å². The fourth-order valence-corrected chi connectivity index (χ4v) is 4.44. The van der Waals surface area contributed by atoms with Gasteiger partial charge in [-0.2, -0.15) is 0 Å². The van der Waals surface area contributed by atoms with Crippen molar-refractivity contribution in [3.63, 3.8) is 0 Å². The van der Waals surface area contributed by atoms with Gasteiger partial charge in [0.2, 0.25) is 0 Å². The van der Waals surface area contributed by atoms with Gasteiger partial charge in [0.15, 0.2) is 0 Å². The van der Waals surface area contributed by atoms with Crippen LogP contribution >= 0.6 is 0 Å². The molecule has 2 fully saturated rings. The fraction of sp³-hybridized carbons (Fsp3) is 0.526. The van der Waals surface area contributed by atoms with E-state index in [9.17, 15) is 4.79 Å². The van der Waals surface area contributed by atoms with Crippen molar-refractivity contribution < 1.29 is 13.6 Å². The third-order valence-corrected chi connectivity index (χ3v) is 5.95. The molecule has 5 nitrogen and oxygen atoms in total. The molecule has 1 spiro atoms. The number of hydrogen-bond donors (Lipinski definition) is 0. The first-order chi connectivity index (χ1) is 11.7. The van der Waals surface area contributed by atoms with E-state index >= 15 is 0 Å². The maximum Gasteiger partial charge on any atom is 0.257 e. The second-order valence-electron chi connectivity index (χ2n) is 7.22. The minimum Gasteiger partial charge on any atom is -0.472 e. The largest absolute Gasteiger partial charge is 0.472 e. The van der Waals surface area contributed by atoms with Crippen molar-refractivity contribution in [2.45, 2.75) is 38.3 Å². The summed E-state index contributed by atoms with van der Waals surface area (Å²) in [5.41, 5.74) is 1.03. The van der Waals surface area contributed by atoms with E-state index in [4.69, 9.17) is 8.83 Å². The van der Waals surface area contributed by atoms with Gasteiger partial charge >= 0.3 is 0 Å². The van der Waals surface area contributed by atoms with E-state index in [1.165, 1.54) is 19.1 Å². The van der Waals surface area contributed by atoms with Crippen molar-refractivity contribution in [2.24, 2.45) is 5.41 Å². The standard InChI is InChI=1S/C19H24N2O3/c1-20(13-16-3-2-11-24-16)17-4-6-19(17)7-9-21(10-8-19)18(22)15-5-12-23-14-15/h2-3,5,11-12,14,17H,4,6-10,13H2,1H3/t17-/m0/s1. The van der Waals surface area contributed by atoms with Crippen molar-refractivity contribution in [1.29, 1.82) is 0 Å². The lowest BCUT2D eigenvalue weighted by Gasteiger charge is -2.56. The average Bonchev–Trinajstić information content (AvgIpc) is 3.26. The minimum atomic E-state index is 0.0958. The molecule has 128 valence electrons. The van der Waals surface area contributed by atoms with Gasteiger partial charge < -0.3 is 13.7 Å². The smallest absolute Gasteiger partial charge is 0.257 e. The van der Waals surface area contributed by atoms with E-state index < -0.39 is 0 Å². The molecule has 1 amide bonds. The summed E-state index contributed by atoms with van der Waals surface area (Å²) < 4.78 is 10.5. The van der Waals surface area contributed by atoms with Gasteiger partial charge in [0.25, 0.3) is 5.91 Å². The zero-order valence-electron chi connectivity index (χ0n) is 14.1. The van der Waals surface area contributed by atoms with Crippen molar-refractivity contribution in [2.75, 3.05) is 20.1 Å². The van der Waals surface area contributed by atoms with Gasteiger partial charge in [0, 0.05) is 19.1 Å².